The number of nitrogens with one attached hydrogen (secondary N) is 1. The number of pyridine rings is 1. The zero-order valence-corrected chi connectivity index (χ0v) is 15.3. The van der Waals surface area contributed by atoms with E-state index in [0.29, 0.717) is 12.3 Å². The first-order chi connectivity index (χ1) is 10.7. The van der Waals surface area contributed by atoms with Crippen LogP contribution in [0.3, 0.4) is 0 Å². The van der Waals surface area contributed by atoms with Crippen LogP contribution < -0.4 is 16.0 Å². The lowest BCUT2D eigenvalue weighted by molar-refractivity contribution is -0.117. The Bertz CT molecular complexity index is 509. The van der Waals surface area contributed by atoms with Crippen molar-refractivity contribution in [2.24, 2.45) is 11.7 Å². The fourth-order valence-electron chi connectivity index (χ4n) is 3.21. The van der Waals surface area contributed by atoms with Crippen LogP contribution in [-0.2, 0) is 9.53 Å². The van der Waals surface area contributed by atoms with Gasteiger partial charge in [-0.3, -0.25) is 4.79 Å². The normalized spacial score (nSPS) is 23.1. The maximum Gasteiger partial charge on any atom is 0.224 e. The Morgan fingerprint density at radius 2 is 2.04 bits per heavy atom. The molecule has 1 aliphatic heterocycles. The molecule has 3 rings (SSSR count). The van der Waals surface area contributed by atoms with E-state index >= 15 is 0 Å². The van der Waals surface area contributed by atoms with Crippen molar-refractivity contribution in [1.29, 1.82) is 0 Å². The number of aromatic nitrogens is 1. The Morgan fingerprint density at radius 3 is 2.62 bits per heavy atom. The van der Waals surface area contributed by atoms with Crippen LogP contribution in [0, 0.1) is 5.92 Å². The van der Waals surface area contributed by atoms with Gasteiger partial charge in [-0.1, -0.05) is 6.42 Å². The van der Waals surface area contributed by atoms with Gasteiger partial charge in [0.05, 0.1) is 25.1 Å². The van der Waals surface area contributed by atoms with E-state index in [4.69, 9.17) is 10.5 Å². The molecule has 8 heteroatoms. The van der Waals surface area contributed by atoms with Gasteiger partial charge in [0.1, 0.15) is 5.82 Å². The van der Waals surface area contributed by atoms with Crippen LogP contribution >= 0.6 is 24.8 Å². The summed E-state index contributed by atoms with van der Waals surface area (Å²) in [5.41, 5.74) is 6.76. The van der Waals surface area contributed by atoms with Crippen molar-refractivity contribution in [3.05, 3.63) is 18.3 Å². The molecule has 0 spiro atoms. The highest BCUT2D eigenvalue weighted by Gasteiger charge is 2.26. The number of anilines is 2. The standard InChI is InChI=1S/C16H24N4O2.2ClH/c17-14-3-1-2-12(14)10-16(21)19-13-4-5-15(18-11-13)20-6-8-22-9-7-20;;/h4-5,11-12,14H,1-3,6-10,17H2,(H,19,21);2*1H/t12-,14+;;/m0../s1. The highest BCUT2D eigenvalue weighted by atomic mass is 35.5. The molecule has 6 nitrogen and oxygen atoms in total. The summed E-state index contributed by atoms with van der Waals surface area (Å²) in [5, 5.41) is 2.92. The molecule has 3 N–H and O–H groups in total. The van der Waals surface area contributed by atoms with E-state index in [0.717, 1.165) is 57.1 Å². The van der Waals surface area contributed by atoms with Crippen LogP contribution in [-0.4, -0.2) is 43.2 Å². The molecule has 2 heterocycles. The number of hydrogen-bond donors (Lipinski definition) is 2. The Labute approximate surface area is 155 Å². The number of nitrogens with zero attached hydrogens (tertiary/aromatic N) is 2. The van der Waals surface area contributed by atoms with Gasteiger partial charge < -0.3 is 20.7 Å². The molecular weight excluding hydrogens is 351 g/mol. The Morgan fingerprint density at radius 1 is 1.29 bits per heavy atom. The molecule has 1 aliphatic carbocycles. The number of ether oxygens (including phenoxy) is 1. The minimum absolute atomic E-state index is 0. The number of nitrogens with two attached hydrogens (primary N) is 1. The van der Waals surface area contributed by atoms with E-state index in [-0.39, 0.29) is 36.8 Å². The SMILES string of the molecule is Cl.Cl.N[C@@H]1CCC[C@H]1CC(=O)Nc1ccc(N2CCOCC2)nc1. The van der Waals surface area contributed by atoms with Crippen molar-refractivity contribution < 1.29 is 9.53 Å². The third-order valence-electron chi connectivity index (χ3n) is 4.53. The minimum Gasteiger partial charge on any atom is -0.378 e. The van der Waals surface area contributed by atoms with Crippen molar-refractivity contribution in [2.45, 2.75) is 31.7 Å². The Kier molecular flexibility index (Phi) is 8.76. The van der Waals surface area contributed by atoms with Crippen molar-refractivity contribution in [2.75, 3.05) is 36.5 Å². The molecule has 1 aromatic rings. The number of morpholine rings is 1. The van der Waals surface area contributed by atoms with E-state index in [1.54, 1.807) is 6.20 Å². The van der Waals surface area contributed by atoms with Gasteiger partial charge in [-0.2, -0.15) is 0 Å². The fourth-order valence-corrected chi connectivity index (χ4v) is 3.21. The van der Waals surface area contributed by atoms with Crippen LogP contribution in [0.2, 0.25) is 0 Å². The van der Waals surface area contributed by atoms with Crippen LogP contribution in [0.25, 0.3) is 0 Å². The summed E-state index contributed by atoms with van der Waals surface area (Å²) in [5.74, 6) is 1.28. The predicted molar refractivity (Wildman–Crippen MR) is 100 cm³/mol. The fraction of sp³-hybridized carbons (Fsp3) is 0.625. The summed E-state index contributed by atoms with van der Waals surface area (Å²) < 4.78 is 5.33. The molecule has 136 valence electrons. The van der Waals surface area contributed by atoms with E-state index in [1.165, 1.54) is 0 Å². The number of rotatable bonds is 4. The average Bonchev–Trinajstić information content (AvgIpc) is 2.94. The highest BCUT2D eigenvalue weighted by molar-refractivity contribution is 5.90. The second-order valence-electron chi connectivity index (χ2n) is 6.11. The van der Waals surface area contributed by atoms with Crippen molar-refractivity contribution in [1.82, 2.24) is 4.98 Å². The summed E-state index contributed by atoms with van der Waals surface area (Å²) in [6, 6.07) is 4.03. The number of carbonyl (C=O) groups is 1. The topological polar surface area (TPSA) is 80.5 Å². The van der Waals surface area contributed by atoms with Crippen molar-refractivity contribution in [3.8, 4) is 0 Å². The van der Waals surface area contributed by atoms with Gasteiger partial charge in [-0.15, -0.1) is 24.8 Å². The third-order valence-corrected chi connectivity index (χ3v) is 4.53. The molecule has 0 bridgehead atoms. The molecule has 1 saturated carbocycles. The van der Waals surface area contributed by atoms with E-state index < -0.39 is 0 Å². The zero-order chi connectivity index (χ0) is 15.4. The second-order valence-corrected chi connectivity index (χ2v) is 6.11. The number of amides is 1. The van der Waals surface area contributed by atoms with Gasteiger partial charge in [0, 0.05) is 25.6 Å². The molecule has 2 fully saturated rings. The molecular formula is C16H26Cl2N4O2. The maximum atomic E-state index is 12.1. The van der Waals surface area contributed by atoms with Gasteiger partial charge in [0.25, 0.3) is 0 Å². The molecule has 0 radical (unpaired) electrons. The summed E-state index contributed by atoms with van der Waals surface area (Å²) in [4.78, 5) is 18.7. The lowest BCUT2D eigenvalue weighted by Gasteiger charge is -2.27. The van der Waals surface area contributed by atoms with Crippen LogP contribution in [0.15, 0.2) is 18.3 Å². The predicted octanol–water partition coefficient (Wildman–Crippen LogP) is 2.22. The van der Waals surface area contributed by atoms with Gasteiger partial charge >= 0.3 is 0 Å². The molecule has 2 aliphatic rings. The Balaban J connectivity index is 0.00000144. The second kappa shape index (κ2) is 10.0. The first-order valence-corrected chi connectivity index (χ1v) is 8.06. The molecule has 1 amide bonds. The van der Waals surface area contributed by atoms with E-state index in [1.807, 2.05) is 12.1 Å². The quantitative estimate of drug-likeness (QED) is 0.841. The van der Waals surface area contributed by atoms with Crippen LogP contribution in [0.1, 0.15) is 25.7 Å². The zero-order valence-electron chi connectivity index (χ0n) is 13.6. The molecule has 1 saturated heterocycles. The summed E-state index contributed by atoms with van der Waals surface area (Å²) in [6.07, 6.45) is 5.45. The highest BCUT2D eigenvalue weighted by Crippen LogP contribution is 2.27. The van der Waals surface area contributed by atoms with Gasteiger partial charge in [-0.25, -0.2) is 4.98 Å². The number of halogens is 2. The minimum atomic E-state index is 0. The molecule has 24 heavy (non-hydrogen) atoms. The molecule has 0 aromatic carbocycles. The van der Waals surface area contributed by atoms with Crippen LogP contribution in [0.4, 0.5) is 11.5 Å². The lowest BCUT2D eigenvalue weighted by Crippen LogP contribution is -2.36. The first-order valence-electron chi connectivity index (χ1n) is 8.06. The summed E-state index contributed by atoms with van der Waals surface area (Å²) >= 11 is 0. The Hall–Kier alpha value is -1.08. The van der Waals surface area contributed by atoms with Crippen molar-refractivity contribution in [3.63, 3.8) is 0 Å². The third kappa shape index (κ3) is 5.48. The van der Waals surface area contributed by atoms with Crippen LogP contribution in [0.5, 0.6) is 0 Å². The smallest absolute Gasteiger partial charge is 0.224 e. The molecule has 1 aromatic heterocycles. The monoisotopic (exact) mass is 376 g/mol. The van der Waals surface area contributed by atoms with E-state index in [9.17, 15) is 4.79 Å². The lowest BCUT2D eigenvalue weighted by atomic mass is 10.00. The average molecular weight is 377 g/mol. The number of hydrogen-bond acceptors (Lipinski definition) is 5. The summed E-state index contributed by atoms with van der Waals surface area (Å²) in [6.45, 7) is 3.19. The molecule has 2 atom stereocenters. The maximum absolute atomic E-state index is 12.1. The van der Waals surface area contributed by atoms with Gasteiger partial charge in [0.15, 0.2) is 0 Å². The van der Waals surface area contributed by atoms with Gasteiger partial charge in [-0.05, 0) is 30.9 Å². The van der Waals surface area contributed by atoms with Gasteiger partial charge in [0.2, 0.25) is 5.91 Å². The van der Waals surface area contributed by atoms with E-state index in [2.05, 4.69) is 15.2 Å². The first kappa shape index (κ1) is 21.0. The number of carbonyl (C=O) groups excluding carboxylic acids is 1. The molecule has 0 unspecified atom stereocenters. The largest absolute Gasteiger partial charge is 0.378 e. The summed E-state index contributed by atoms with van der Waals surface area (Å²) in [7, 11) is 0. The van der Waals surface area contributed by atoms with Crippen molar-refractivity contribution >= 4 is 42.2 Å².